The van der Waals surface area contributed by atoms with Crippen molar-refractivity contribution in [3.05, 3.63) is 91.7 Å². The summed E-state index contributed by atoms with van der Waals surface area (Å²) in [6, 6.07) is 22.0. The van der Waals surface area contributed by atoms with Gasteiger partial charge in [-0.1, -0.05) is 81.9 Å². The number of fused-ring (bicyclic) bond motifs is 2. The molecule has 2 heterocycles. The Morgan fingerprint density at radius 1 is 0.963 bits per heavy atom. The monoisotopic (exact) mass is 433 g/mol. The number of nitrogens with zero attached hydrogens (tertiary/aromatic N) is 3. The topological polar surface area (TPSA) is 47.3 Å². The van der Waals surface area contributed by atoms with Crippen LogP contribution in [-0.2, 0) is 0 Å². The number of aromatic nitrogens is 3. The van der Waals surface area contributed by atoms with Gasteiger partial charge in [0.1, 0.15) is 0 Å². The molecule has 3 aromatic carbocycles. The van der Waals surface area contributed by atoms with Crippen molar-refractivity contribution in [1.29, 1.82) is 0 Å². The van der Waals surface area contributed by atoms with E-state index in [0.29, 0.717) is 15.3 Å². The van der Waals surface area contributed by atoms with Crippen LogP contribution in [0.15, 0.2) is 76.0 Å². The Balaban J connectivity index is 1.65. The molecule has 0 aliphatic rings. The van der Waals surface area contributed by atoms with E-state index in [1.807, 2.05) is 54.6 Å². The molecule has 0 saturated carbocycles. The molecule has 0 aliphatic carbocycles. The van der Waals surface area contributed by atoms with Gasteiger partial charge in [-0.3, -0.25) is 4.79 Å². The summed E-state index contributed by atoms with van der Waals surface area (Å²) in [6.45, 7) is 0. The molecule has 2 aromatic heterocycles. The highest BCUT2D eigenvalue weighted by Gasteiger charge is 2.12. The summed E-state index contributed by atoms with van der Waals surface area (Å²) in [6.07, 6.45) is 1.92. The second kappa shape index (κ2) is 6.40. The van der Waals surface area contributed by atoms with Gasteiger partial charge in [-0.05, 0) is 34.5 Å². The zero-order valence-electron chi connectivity index (χ0n) is 14.0. The molecule has 0 N–H and O–H groups in total. The molecular formula is C21H12BrN3OS. The van der Waals surface area contributed by atoms with E-state index >= 15 is 0 Å². The van der Waals surface area contributed by atoms with Crippen LogP contribution < -0.4 is 10.1 Å². The van der Waals surface area contributed by atoms with Crippen molar-refractivity contribution in [3.63, 3.8) is 0 Å². The van der Waals surface area contributed by atoms with E-state index in [4.69, 9.17) is 0 Å². The SMILES string of the molecule is O=c1/c(=C/c2cccc3ccccc23)sc2nc(-c3ccc(Br)cc3)nn12. The molecule has 0 atom stereocenters. The summed E-state index contributed by atoms with van der Waals surface area (Å²) in [5.41, 5.74) is 1.76. The summed E-state index contributed by atoms with van der Waals surface area (Å²) in [5.74, 6) is 0.558. The highest BCUT2D eigenvalue weighted by molar-refractivity contribution is 9.10. The fraction of sp³-hybridized carbons (Fsp3) is 0. The number of hydrogen-bond donors (Lipinski definition) is 0. The molecule has 0 radical (unpaired) electrons. The summed E-state index contributed by atoms with van der Waals surface area (Å²) >= 11 is 4.77. The van der Waals surface area contributed by atoms with Gasteiger partial charge >= 0.3 is 0 Å². The maximum absolute atomic E-state index is 12.8. The molecule has 130 valence electrons. The van der Waals surface area contributed by atoms with Crippen molar-refractivity contribution in [2.75, 3.05) is 0 Å². The van der Waals surface area contributed by atoms with Gasteiger partial charge in [-0.25, -0.2) is 0 Å². The zero-order chi connectivity index (χ0) is 18.4. The van der Waals surface area contributed by atoms with Crippen LogP contribution in [0.4, 0.5) is 0 Å². The maximum Gasteiger partial charge on any atom is 0.291 e. The summed E-state index contributed by atoms with van der Waals surface area (Å²) < 4.78 is 3.01. The van der Waals surface area contributed by atoms with Crippen LogP contribution >= 0.6 is 27.3 Å². The quantitative estimate of drug-likeness (QED) is 0.417. The molecule has 5 rings (SSSR count). The van der Waals surface area contributed by atoms with E-state index in [0.717, 1.165) is 26.4 Å². The number of hydrogen-bond acceptors (Lipinski definition) is 4. The molecule has 0 fully saturated rings. The minimum atomic E-state index is -0.140. The first-order valence-electron chi connectivity index (χ1n) is 8.34. The zero-order valence-corrected chi connectivity index (χ0v) is 16.4. The van der Waals surface area contributed by atoms with Crippen LogP contribution in [0.5, 0.6) is 0 Å². The Morgan fingerprint density at radius 2 is 1.74 bits per heavy atom. The van der Waals surface area contributed by atoms with Gasteiger partial charge in [0.2, 0.25) is 4.96 Å². The largest absolute Gasteiger partial charge is 0.291 e. The van der Waals surface area contributed by atoms with E-state index < -0.39 is 0 Å². The molecule has 27 heavy (non-hydrogen) atoms. The first kappa shape index (κ1) is 16.4. The van der Waals surface area contributed by atoms with Crippen molar-refractivity contribution < 1.29 is 0 Å². The smallest absolute Gasteiger partial charge is 0.266 e. The number of rotatable bonds is 2. The van der Waals surface area contributed by atoms with E-state index in [1.54, 1.807) is 0 Å². The van der Waals surface area contributed by atoms with E-state index in [-0.39, 0.29) is 5.56 Å². The molecule has 0 amide bonds. The first-order chi connectivity index (χ1) is 13.2. The predicted molar refractivity (Wildman–Crippen MR) is 113 cm³/mol. The lowest BCUT2D eigenvalue weighted by Crippen LogP contribution is -2.23. The van der Waals surface area contributed by atoms with E-state index in [2.05, 4.69) is 44.2 Å². The molecule has 0 saturated heterocycles. The Morgan fingerprint density at radius 3 is 2.56 bits per heavy atom. The number of thiazole rings is 1. The maximum atomic E-state index is 12.8. The van der Waals surface area contributed by atoms with Crippen molar-refractivity contribution in [2.45, 2.75) is 0 Å². The Labute approximate surface area is 166 Å². The van der Waals surface area contributed by atoms with Crippen LogP contribution in [0.25, 0.3) is 33.2 Å². The fourth-order valence-corrected chi connectivity index (χ4v) is 4.24. The van der Waals surface area contributed by atoms with Crippen LogP contribution in [0.2, 0.25) is 0 Å². The summed E-state index contributed by atoms with van der Waals surface area (Å²) in [5, 5.41) is 6.67. The fourth-order valence-electron chi connectivity index (χ4n) is 3.07. The third-order valence-electron chi connectivity index (χ3n) is 4.39. The Hall–Kier alpha value is -2.83. The normalized spacial score (nSPS) is 12.3. The van der Waals surface area contributed by atoms with E-state index in [1.165, 1.54) is 15.9 Å². The molecule has 0 bridgehead atoms. The lowest BCUT2D eigenvalue weighted by Gasteiger charge is -2.00. The molecular weight excluding hydrogens is 422 g/mol. The van der Waals surface area contributed by atoms with Gasteiger partial charge in [0, 0.05) is 10.0 Å². The van der Waals surface area contributed by atoms with Crippen molar-refractivity contribution in [3.8, 4) is 11.4 Å². The Kier molecular flexibility index (Phi) is 3.88. The van der Waals surface area contributed by atoms with Crippen molar-refractivity contribution >= 4 is 49.1 Å². The summed E-state index contributed by atoms with van der Waals surface area (Å²) in [7, 11) is 0. The van der Waals surface area contributed by atoms with Gasteiger partial charge in [0.25, 0.3) is 5.56 Å². The van der Waals surface area contributed by atoms with Crippen LogP contribution in [-0.4, -0.2) is 14.6 Å². The minimum absolute atomic E-state index is 0.140. The second-order valence-electron chi connectivity index (χ2n) is 6.12. The number of benzene rings is 3. The minimum Gasteiger partial charge on any atom is -0.266 e. The molecule has 5 aromatic rings. The van der Waals surface area contributed by atoms with Gasteiger partial charge in [0.05, 0.1) is 4.53 Å². The molecule has 0 aliphatic heterocycles. The number of halogens is 1. The first-order valence-corrected chi connectivity index (χ1v) is 9.95. The van der Waals surface area contributed by atoms with Crippen LogP contribution in [0.1, 0.15) is 5.56 Å². The third kappa shape index (κ3) is 2.87. The predicted octanol–water partition coefficient (Wildman–Crippen LogP) is 4.28. The van der Waals surface area contributed by atoms with Gasteiger partial charge in [0.15, 0.2) is 5.82 Å². The molecule has 0 spiro atoms. The standard InChI is InChI=1S/C21H12BrN3OS/c22-16-10-8-14(9-11-16)19-23-21-25(24-19)20(26)18(27-21)12-15-6-3-5-13-4-1-2-7-17(13)15/h1-12H/b18-12-. The highest BCUT2D eigenvalue weighted by Crippen LogP contribution is 2.21. The molecule has 0 unspecified atom stereocenters. The molecule has 4 nitrogen and oxygen atoms in total. The van der Waals surface area contributed by atoms with Crippen molar-refractivity contribution in [1.82, 2.24) is 14.6 Å². The van der Waals surface area contributed by atoms with Gasteiger partial charge < -0.3 is 0 Å². The summed E-state index contributed by atoms with van der Waals surface area (Å²) in [4.78, 5) is 17.9. The second-order valence-corrected chi connectivity index (χ2v) is 8.05. The van der Waals surface area contributed by atoms with E-state index in [9.17, 15) is 4.79 Å². The Bertz CT molecular complexity index is 1400. The third-order valence-corrected chi connectivity index (χ3v) is 5.88. The average molecular weight is 434 g/mol. The lowest BCUT2D eigenvalue weighted by atomic mass is 10.0. The van der Waals surface area contributed by atoms with Gasteiger partial charge in [-0.2, -0.15) is 9.50 Å². The lowest BCUT2D eigenvalue weighted by molar-refractivity contribution is 0.937. The van der Waals surface area contributed by atoms with Crippen molar-refractivity contribution in [2.24, 2.45) is 0 Å². The van der Waals surface area contributed by atoms with Crippen LogP contribution in [0, 0.1) is 0 Å². The van der Waals surface area contributed by atoms with Crippen LogP contribution in [0.3, 0.4) is 0 Å². The van der Waals surface area contributed by atoms with Gasteiger partial charge in [-0.15, -0.1) is 5.10 Å². The molecule has 6 heteroatoms. The average Bonchev–Trinajstić information content (AvgIpc) is 3.23. The highest BCUT2D eigenvalue weighted by atomic mass is 79.9.